The number of methoxy groups -OCH3 is 2. The Kier molecular flexibility index (Phi) is 13.8. The van der Waals surface area contributed by atoms with Gasteiger partial charge in [0.1, 0.15) is 12.1 Å². The van der Waals surface area contributed by atoms with Crippen LogP contribution < -0.4 is 20.4 Å². The van der Waals surface area contributed by atoms with Crippen LogP contribution >= 0.6 is 0 Å². The molecule has 10 nitrogen and oxygen atoms in total. The van der Waals surface area contributed by atoms with Gasteiger partial charge in [-0.2, -0.15) is 0 Å². The van der Waals surface area contributed by atoms with Crippen molar-refractivity contribution in [2.75, 3.05) is 51.2 Å². The van der Waals surface area contributed by atoms with Crippen LogP contribution in [-0.2, 0) is 28.7 Å². The molecule has 2 amide bonds. The zero-order valence-electron chi connectivity index (χ0n) is 26.7. The highest BCUT2D eigenvalue weighted by atomic mass is 16.5. The molecule has 0 bridgehead atoms. The minimum absolute atomic E-state index is 0.0759. The highest BCUT2D eigenvalue weighted by Crippen LogP contribution is 2.15. The zero-order valence-corrected chi connectivity index (χ0v) is 26.7. The Morgan fingerprint density at radius 1 is 0.636 bits per heavy atom. The number of hydrogen-bond donors (Lipinski definition) is 2. The van der Waals surface area contributed by atoms with Crippen molar-refractivity contribution in [1.82, 2.24) is 10.6 Å². The molecule has 0 radical (unpaired) electrons. The SMILES string of the molecule is COC(=O)[C@@H](NC(=O)CN(C)c1ccc(C#CC#Cc2ccc(N(C)CC(=O)N[C@H](C(=O)OC)C(C)C)cc2)cc1)C(C)C. The summed E-state index contributed by atoms with van der Waals surface area (Å²) >= 11 is 0. The third-order valence-electron chi connectivity index (χ3n) is 6.73. The van der Waals surface area contributed by atoms with Gasteiger partial charge in [0.15, 0.2) is 0 Å². The van der Waals surface area contributed by atoms with Gasteiger partial charge in [0.25, 0.3) is 0 Å². The monoisotopic (exact) mass is 602 g/mol. The average molecular weight is 603 g/mol. The summed E-state index contributed by atoms with van der Waals surface area (Å²) < 4.78 is 9.55. The predicted octanol–water partition coefficient (Wildman–Crippen LogP) is 2.59. The van der Waals surface area contributed by atoms with Gasteiger partial charge >= 0.3 is 11.9 Å². The van der Waals surface area contributed by atoms with Crippen LogP contribution in [0.1, 0.15) is 38.8 Å². The topological polar surface area (TPSA) is 117 Å². The van der Waals surface area contributed by atoms with E-state index in [0.29, 0.717) is 0 Å². The summed E-state index contributed by atoms with van der Waals surface area (Å²) in [6.45, 7) is 7.52. The Balaban J connectivity index is 1.92. The van der Waals surface area contributed by atoms with Gasteiger partial charge in [-0.3, -0.25) is 9.59 Å². The quantitative estimate of drug-likeness (QED) is 0.281. The largest absolute Gasteiger partial charge is 0.467 e. The van der Waals surface area contributed by atoms with Crippen molar-refractivity contribution in [3.63, 3.8) is 0 Å². The van der Waals surface area contributed by atoms with Gasteiger partial charge < -0.3 is 29.9 Å². The van der Waals surface area contributed by atoms with Gasteiger partial charge in [0, 0.05) is 36.6 Å². The second-order valence-corrected chi connectivity index (χ2v) is 10.9. The summed E-state index contributed by atoms with van der Waals surface area (Å²) in [5.74, 6) is 10.0. The Morgan fingerprint density at radius 2 is 0.955 bits per heavy atom. The van der Waals surface area contributed by atoms with Gasteiger partial charge in [-0.1, -0.05) is 39.5 Å². The Hall–Kier alpha value is -4.96. The Labute approximate surface area is 260 Å². The van der Waals surface area contributed by atoms with Crippen molar-refractivity contribution in [3.8, 4) is 23.7 Å². The smallest absolute Gasteiger partial charge is 0.328 e. The highest BCUT2D eigenvalue weighted by molar-refractivity contribution is 5.88. The number of esters is 2. The number of hydrogen-bond acceptors (Lipinski definition) is 8. The van der Waals surface area contributed by atoms with Crippen LogP contribution in [0.2, 0.25) is 0 Å². The molecular weight excluding hydrogens is 560 g/mol. The molecule has 0 aromatic heterocycles. The molecule has 2 aromatic carbocycles. The fourth-order valence-electron chi connectivity index (χ4n) is 4.11. The van der Waals surface area contributed by atoms with Gasteiger partial charge in [-0.05, 0) is 72.2 Å². The standard InChI is InChI=1S/C34H42N4O6/c1-23(2)31(33(41)43-7)35-29(39)21-37(5)27-17-13-25(14-18-27)11-9-10-12-26-15-19-28(20-16-26)38(6)22-30(40)36-32(24(3)4)34(42)44-8/h13-20,23-24,31-32H,21-22H2,1-8H3,(H,35,39)(H,36,40)/t31-,32-/m0/s1. The summed E-state index contributed by atoms with van der Waals surface area (Å²) in [6, 6.07) is 13.4. The lowest BCUT2D eigenvalue weighted by molar-refractivity contribution is -0.146. The van der Waals surface area contributed by atoms with E-state index >= 15 is 0 Å². The molecule has 0 unspecified atom stereocenters. The van der Waals surface area contributed by atoms with Crippen molar-refractivity contribution in [3.05, 3.63) is 59.7 Å². The van der Waals surface area contributed by atoms with Crippen molar-refractivity contribution >= 4 is 35.1 Å². The van der Waals surface area contributed by atoms with Gasteiger partial charge in [0.05, 0.1) is 27.3 Å². The molecule has 2 atom stereocenters. The third-order valence-corrected chi connectivity index (χ3v) is 6.73. The van der Waals surface area contributed by atoms with Crippen LogP contribution in [0.15, 0.2) is 48.5 Å². The van der Waals surface area contributed by atoms with Crippen molar-refractivity contribution < 1.29 is 28.7 Å². The lowest BCUT2D eigenvalue weighted by atomic mass is 10.0. The van der Waals surface area contributed by atoms with E-state index in [9.17, 15) is 19.2 Å². The number of nitrogens with one attached hydrogen (secondary N) is 2. The summed E-state index contributed by atoms with van der Waals surface area (Å²) in [7, 11) is 6.18. The molecule has 2 rings (SSSR count). The number of rotatable bonds is 12. The molecule has 0 spiro atoms. The number of amides is 2. The third kappa shape index (κ3) is 11.0. The van der Waals surface area contributed by atoms with Gasteiger partial charge in [0.2, 0.25) is 11.8 Å². The van der Waals surface area contributed by atoms with Crippen molar-refractivity contribution in [2.45, 2.75) is 39.8 Å². The van der Waals surface area contributed by atoms with E-state index in [2.05, 4.69) is 34.3 Å². The first-order chi connectivity index (χ1) is 20.9. The number of benzene rings is 2. The first-order valence-electron chi connectivity index (χ1n) is 14.2. The molecule has 2 aromatic rings. The van der Waals surface area contributed by atoms with Crippen molar-refractivity contribution in [2.24, 2.45) is 11.8 Å². The summed E-state index contributed by atoms with van der Waals surface area (Å²) in [5, 5.41) is 5.46. The maximum Gasteiger partial charge on any atom is 0.328 e. The molecule has 0 aliphatic carbocycles. The van der Waals surface area contributed by atoms with Crippen LogP contribution in [0.25, 0.3) is 0 Å². The van der Waals surface area contributed by atoms with Crippen LogP contribution in [0.4, 0.5) is 11.4 Å². The molecule has 10 heteroatoms. The summed E-state index contributed by atoms with van der Waals surface area (Å²) in [4.78, 5) is 52.3. The molecule has 0 saturated carbocycles. The van der Waals surface area contributed by atoms with E-state index in [4.69, 9.17) is 9.47 Å². The van der Waals surface area contributed by atoms with Crippen LogP contribution in [0.3, 0.4) is 0 Å². The second kappa shape index (κ2) is 17.2. The molecule has 2 N–H and O–H groups in total. The van der Waals surface area contributed by atoms with Crippen molar-refractivity contribution in [1.29, 1.82) is 0 Å². The number of carbonyl (C=O) groups excluding carboxylic acids is 4. The normalized spacial score (nSPS) is 11.6. The number of carbonyl (C=O) groups is 4. The molecular formula is C34H42N4O6. The fraction of sp³-hybridized carbons (Fsp3) is 0.412. The molecule has 0 saturated heterocycles. The van der Waals surface area contributed by atoms with Gasteiger partial charge in [-0.25, -0.2) is 9.59 Å². The number of anilines is 2. The number of nitrogens with zero attached hydrogens (tertiary/aromatic N) is 2. The summed E-state index contributed by atoms with van der Waals surface area (Å²) in [5.41, 5.74) is 3.19. The molecule has 0 heterocycles. The first kappa shape index (κ1) is 35.2. The zero-order chi connectivity index (χ0) is 32.8. The average Bonchev–Trinajstić information content (AvgIpc) is 3.00. The lowest BCUT2D eigenvalue weighted by Gasteiger charge is -2.23. The van der Waals surface area contributed by atoms with E-state index < -0.39 is 24.0 Å². The lowest BCUT2D eigenvalue weighted by Crippen LogP contribution is -2.48. The fourth-order valence-corrected chi connectivity index (χ4v) is 4.11. The minimum atomic E-state index is -0.699. The van der Waals surface area contributed by atoms with Gasteiger partial charge in [-0.15, -0.1) is 0 Å². The molecule has 0 aliphatic rings. The number of likely N-dealkylation sites (N-methyl/N-ethyl adjacent to an activating group) is 2. The van der Waals surface area contributed by atoms with E-state index in [1.165, 1.54) is 14.2 Å². The Bertz CT molecular complexity index is 1300. The first-order valence-corrected chi connectivity index (χ1v) is 14.2. The number of ether oxygens (including phenoxy) is 2. The molecule has 0 aliphatic heterocycles. The minimum Gasteiger partial charge on any atom is -0.467 e. The van der Waals surface area contributed by atoms with E-state index in [1.807, 2.05) is 76.2 Å². The Morgan fingerprint density at radius 3 is 1.23 bits per heavy atom. The van der Waals surface area contributed by atoms with Crippen LogP contribution in [0.5, 0.6) is 0 Å². The molecule has 234 valence electrons. The predicted molar refractivity (Wildman–Crippen MR) is 171 cm³/mol. The van der Waals surface area contributed by atoms with E-state index in [-0.39, 0.29) is 36.7 Å². The van der Waals surface area contributed by atoms with E-state index in [1.54, 1.807) is 23.9 Å². The van der Waals surface area contributed by atoms with E-state index in [0.717, 1.165) is 22.5 Å². The maximum atomic E-state index is 12.5. The molecule has 0 fully saturated rings. The highest BCUT2D eigenvalue weighted by Gasteiger charge is 2.26. The molecule has 44 heavy (non-hydrogen) atoms. The summed E-state index contributed by atoms with van der Waals surface area (Å²) in [6.07, 6.45) is 0. The van der Waals surface area contributed by atoms with Crippen LogP contribution in [-0.4, -0.2) is 77.2 Å². The maximum absolute atomic E-state index is 12.5. The van der Waals surface area contributed by atoms with Crippen LogP contribution in [0, 0.1) is 35.5 Å². The second-order valence-electron chi connectivity index (χ2n) is 10.9.